The molecule has 1 aliphatic heterocycles. The lowest BCUT2D eigenvalue weighted by Gasteiger charge is -2.03. The molecule has 0 spiro atoms. The average molecular weight is 260 g/mol. The number of carbonyl (C=O) groups is 1. The number of aromatic nitrogens is 1. The van der Waals surface area contributed by atoms with Crippen LogP contribution >= 0.6 is 11.3 Å². The summed E-state index contributed by atoms with van der Waals surface area (Å²) < 4.78 is 4.76. The molecule has 18 heavy (non-hydrogen) atoms. The first kappa shape index (κ1) is 11.4. The molecule has 0 fully saturated rings. The number of rotatable bonds is 1. The number of fused-ring (bicyclic) bond motifs is 3. The van der Waals surface area contributed by atoms with Gasteiger partial charge in [0.15, 0.2) is 0 Å². The van der Waals surface area contributed by atoms with Gasteiger partial charge in [0.1, 0.15) is 4.88 Å². The van der Waals surface area contributed by atoms with Crippen LogP contribution < -0.4 is 5.32 Å². The third-order valence-corrected chi connectivity index (χ3v) is 4.06. The summed E-state index contributed by atoms with van der Waals surface area (Å²) >= 11 is 1.47. The van der Waals surface area contributed by atoms with Crippen LogP contribution in [0.1, 0.15) is 20.1 Å². The van der Waals surface area contributed by atoms with Gasteiger partial charge in [0.25, 0.3) is 0 Å². The van der Waals surface area contributed by atoms with E-state index < -0.39 is 0 Å². The second kappa shape index (κ2) is 4.51. The van der Waals surface area contributed by atoms with Gasteiger partial charge in [-0.05, 0) is 17.7 Å². The minimum absolute atomic E-state index is 0.287. The normalized spacial score (nSPS) is 13.4. The molecule has 92 valence electrons. The van der Waals surface area contributed by atoms with E-state index in [4.69, 9.17) is 4.74 Å². The minimum Gasteiger partial charge on any atom is -0.465 e. The number of hydrogen-bond donors (Lipinski definition) is 1. The number of nitrogens with one attached hydrogen (secondary N) is 1. The van der Waals surface area contributed by atoms with Crippen molar-refractivity contribution in [2.75, 3.05) is 7.11 Å². The summed E-state index contributed by atoms with van der Waals surface area (Å²) in [5.41, 5.74) is 3.16. The second-order valence-electron chi connectivity index (χ2n) is 4.05. The Balaban J connectivity index is 2.15. The monoisotopic (exact) mass is 260 g/mol. The van der Waals surface area contributed by atoms with E-state index in [2.05, 4.69) is 16.4 Å². The zero-order valence-electron chi connectivity index (χ0n) is 9.90. The third kappa shape index (κ3) is 1.81. The van der Waals surface area contributed by atoms with Crippen LogP contribution in [0.3, 0.4) is 0 Å². The molecule has 0 aromatic carbocycles. The van der Waals surface area contributed by atoms with E-state index >= 15 is 0 Å². The fourth-order valence-electron chi connectivity index (χ4n) is 2.10. The first-order valence-electron chi connectivity index (χ1n) is 5.65. The molecule has 0 unspecified atom stereocenters. The van der Waals surface area contributed by atoms with E-state index in [-0.39, 0.29) is 5.97 Å². The molecule has 0 amide bonds. The van der Waals surface area contributed by atoms with Gasteiger partial charge in [0, 0.05) is 29.7 Å². The summed E-state index contributed by atoms with van der Waals surface area (Å²) in [5, 5.41) is 3.35. The first-order valence-corrected chi connectivity index (χ1v) is 6.47. The summed E-state index contributed by atoms with van der Waals surface area (Å²) in [4.78, 5) is 17.8. The van der Waals surface area contributed by atoms with E-state index in [1.807, 2.05) is 12.1 Å². The molecule has 0 bridgehead atoms. The maximum atomic E-state index is 11.6. The topological polar surface area (TPSA) is 51.2 Å². The quantitative estimate of drug-likeness (QED) is 0.799. The van der Waals surface area contributed by atoms with Crippen LogP contribution in [0.2, 0.25) is 0 Å². The van der Waals surface area contributed by atoms with Gasteiger partial charge in [-0.25, -0.2) is 4.79 Å². The van der Waals surface area contributed by atoms with Gasteiger partial charge in [-0.1, -0.05) is 6.07 Å². The highest BCUT2D eigenvalue weighted by Gasteiger charge is 2.20. The van der Waals surface area contributed by atoms with E-state index in [1.165, 1.54) is 18.4 Å². The van der Waals surface area contributed by atoms with Gasteiger partial charge in [-0.3, -0.25) is 4.98 Å². The van der Waals surface area contributed by atoms with Crippen molar-refractivity contribution in [1.29, 1.82) is 0 Å². The molecule has 0 radical (unpaired) electrons. The summed E-state index contributed by atoms with van der Waals surface area (Å²) in [6, 6.07) is 5.86. The van der Waals surface area contributed by atoms with Crippen molar-refractivity contribution in [3.8, 4) is 11.3 Å². The minimum atomic E-state index is -0.287. The molecule has 1 aliphatic rings. The highest BCUT2D eigenvalue weighted by Crippen LogP contribution is 2.34. The number of thiophene rings is 1. The fourth-order valence-corrected chi connectivity index (χ4v) is 3.14. The zero-order chi connectivity index (χ0) is 12.5. The molecule has 2 aromatic rings. The van der Waals surface area contributed by atoms with Gasteiger partial charge in [-0.2, -0.15) is 0 Å². The van der Waals surface area contributed by atoms with Crippen LogP contribution in [0, 0.1) is 0 Å². The number of hydrogen-bond acceptors (Lipinski definition) is 5. The molecule has 0 atom stereocenters. The van der Waals surface area contributed by atoms with Crippen LogP contribution in [0.4, 0.5) is 0 Å². The van der Waals surface area contributed by atoms with Crippen molar-refractivity contribution in [1.82, 2.24) is 10.3 Å². The van der Waals surface area contributed by atoms with Gasteiger partial charge in [-0.15, -0.1) is 11.3 Å². The highest BCUT2D eigenvalue weighted by atomic mass is 32.1. The smallest absolute Gasteiger partial charge is 0.348 e. The van der Waals surface area contributed by atoms with Crippen LogP contribution in [-0.4, -0.2) is 18.1 Å². The molecule has 0 saturated carbocycles. The summed E-state index contributed by atoms with van der Waals surface area (Å²) in [7, 11) is 1.40. The van der Waals surface area contributed by atoms with Crippen molar-refractivity contribution < 1.29 is 9.53 Å². The summed E-state index contributed by atoms with van der Waals surface area (Å²) in [6.45, 7) is 1.56. The van der Waals surface area contributed by atoms with Crippen LogP contribution in [0.5, 0.6) is 0 Å². The van der Waals surface area contributed by atoms with E-state index in [9.17, 15) is 4.79 Å². The van der Waals surface area contributed by atoms with Gasteiger partial charge < -0.3 is 10.1 Å². The third-order valence-electron chi connectivity index (χ3n) is 2.94. The van der Waals surface area contributed by atoms with Crippen molar-refractivity contribution in [3.63, 3.8) is 0 Å². The molecular formula is C13H12N2O2S. The van der Waals surface area contributed by atoms with Gasteiger partial charge in [0.05, 0.1) is 12.8 Å². The number of esters is 1. The average Bonchev–Trinajstić information content (AvgIpc) is 2.75. The van der Waals surface area contributed by atoms with Crippen molar-refractivity contribution in [3.05, 3.63) is 39.7 Å². The Morgan fingerprint density at radius 2 is 2.39 bits per heavy atom. The van der Waals surface area contributed by atoms with Crippen molar-refractivity contribution in [2.24, 2.45) is 0 Å². The Labute approximate surface area is 109 Å². The first-order chi connectivity index (χ1) is 8.79. The SMILES string of the molecule is COC(=O)c1cc2c(s1)CNCc1cccnc1-2. The van der Waals surface area contributed by atoms with Crippen LogP contribution in [0.15, 0.2) is 24.4 Å². The maximum Gasteiger partial charge on any atom is 0.348 e. The molecule has 4 nitrogen and oxygen atoms in total. The molecule has 5 heteroatoms. The number of carbonyl (C=O) groups excluding carboxylic acids is 1. The largest absolute Gasteiger partial charge is 0.465 e. The Bertz CT molecular complexity index is 607. The Morgan fingerprint density at radius 3 is 3.22 bits per heavy atom. The van der Waals surface area contributed by atoms with Crippen LogP contribution in [-0.2, 0) is 17.8 Å². The van der Waals surface area contributed by atoms with Crippen molar-refractivity contribution in [2.45, 2.75) is 13.1 Å². The number of pyridine rings is 1. The fraction of sp³-hybridized carbons (Fsp3) is 0.231. The Kier molecular flexibility index (Phi) is 2.85. The lowest BCUT2D eigenvalue weighted by atomic mass is 10.1. The highest BCUT2D eigenvalue weighted by molar-refractivity contribution is 7.14. The Hall–Kier alpha value is -1.72. The van der Waals surface area contributed by atoms with E-state index in [1.54, 1.807) is 6.20 Å². The summed E-state index contributed by atoms with van der Waals surface area (Å²) in [5.74, 6) is -0.287. The maximum absolute atomic E-state index is 11.6. The zero-order valence-corrected chi connectivity index (χ0v) is 10.7. The van der Waals surface area contributed by atoms with E-state index in [0.717, 1.165) is 34.8 Å². The van der Waals surface area contributed by atoms with E-state index in [0.29, 0.717) is 4.88 Å². The molecule has 0 aliphatic carbocycles. The molecule has 3 heterocycles. The second-order valence-corrected chi connectivity index (χ2v) is 5.19. The van der Waals surface area contributed by atoms with Gasteiger partial charge in [0.2, 0.25) is 0 Å². The molecule has 1 N–H and O–H groups in total. The molecule has 3 rings (SSSR count). The Morgan fingerprint density at radius 1 is 1.50 bits per heavy atom. The molecular weight excluding hydrogens is 248 g/mol. The molecule has 2 aromatic heterocycles. The number of methoxy groups -OCH3 is 1. The standard InChI is InChI=1S/C13H12N2O2S/c1-17-13(16)10-5-9-11(18-10)7-14-6-8-3-2-4-15-12(8)9/h2-5,14H,6-7H2,1H3. The summed E-state index contributed by atoms with van der Waals surface area (Å²) in [6.07, 6.45) is 1.78. The van der Waals surface area contributed by atoms with Gasteiger partial charge >= 0.3 is 5.97 Å². The van der Waals surface area contributed by atoms with Crippen LogP contribution in [0.25, 0.3) is 11.3 Å². The predicted molar refractivity (Wildman–Crippen MR) is 69.4 cm³/mol. The number of nitrogens with zero attached hydrogens (tertiary/aromatic N) is 1. The van der Waals surface area contributed by atoms with Crippen molar-refractivity contribution >= 4 is 17.3 Å². The number of ether oxygens (including phenoxy) is 1. The predicted octanol–water partition coefficient (Wildman–Crippen LogP) is 2.20. The lowest BCUT2D eigenvalue weighted by molar-refractivity contribution is 0.0606. The lowest BCUT2D eigenvalue weighted by Crippen LogP contribution is -2.09. The molecule has 0 saturated heterocycles.